The highest BCUT2D eigenvalue weighted by atomic mass is 79.9. The Bertz CT molecular complexity index is 177. The van der Waals surface area contributed by atoms with E-state index in [1.165, 1.54) is 0 Å². The van der Waals surface area contributed by atoms with E-state index in [1.807, 2.05) is 0 Å². The smallest absolute Gasteiger partial charge is 0.161 e. The summed E-state index contributed by atoms with van der Waals surface area (Å²) in [5, 5.41) is 0. The van der Waals surface area contributed by atoms with Gasteiger partial charge in [-0.05, 0) is 47.8 Å². The molecule has 0 atom stereocenters. The molecule has 1 aromatic heterocycles. The van der Waals surface area contributed by atoms with Crippen molar-refractivity contribution < 1.29 is 0 Å². The highest BCUT2D eigenvalue weighted by Gasteiger charge is 2.00. The number of nitrogens with zero attached hydrogens (tertiary/aromatic N) is 1. The molecule has 1 aromatic rings. The maximum absolute atomic E-state index is 4.02. The normalized spacial score (nSPS) is 9.88. The van der Waals surface area contributed by atoms with E-state index < -0.39 is 0 Å². The summed E-state index contributed by atoms with van der Waals surface area (Å²) in [6.45, 7) is 0. The Morgan fingerprint density at radius 2 is 1.88 bits per heavy atom. The van der Waals surface area contributed by atoms with Crippen molar-refractivity contribution in [3.63, 3.8) is 0 Å². The lowest BCUT2D eigenvalue weighted by Crippen LogP contribution is -1.58. The molecule has 1 rings (SSSR count). The van der Waals surface area contributed by atoms with Gasteiger partial charge in [0.1, 0.15) is 8.39 Å². The Labute approximate surface area is 75.9 Å². The van der Waals surface area contributed by atoms with E-state index in [4.69, 9.17) is 0 Å². The van der Waals surface area contributed by atoms with Crippen LogP contribution in [0.2, 0.25) is 0 Å². The van der Waals surface area contributed by atoms with Crippen molar-refractivity contribution in [1.82, 2.24) is 4.98 Å². The first-order valence-corrected chi connectivity index (χ1v) is 4.87. The lowest BCUT2D eigenvalue weighted by molar-refractivity contribution is 1.32. The molecular weight excluding hydrogens is 322 g/mol. The van der Waals surface area contributed by atoms with Crippen molar-refractivity contribution in [1.29, 1.82) is 0 Å². The van der Waals surface area contributed by atoms with Gasteiger partial charge >= 0.3 is 0 Å². The molecule has 1 nitrogen and oxygen atoms in total. The van der Waals surface area contributed by atoms with Gasteiger partial charge in [0, 0.05) is 0 Å². The minimum absolute atomic E-state index is 0.856. The first-order chi connectivity index (χ1) is 3.70. The summed E-state index contributed by atoms with van der Waals surface area (Å²) in [5.41, 5.74) is 0. The summed E-state index contributed by atoms with van der Waals surface area (Å²) in [6, 6.07) is 0. The monoisotopic (exact) mass is 319 g/mol. The van der Waals surface area contributed by atoms with Gasteiger partial charge in [0.25, 0.3) is 0 Å². The van der Waals surface area contributed by atoms with Crippen molar-refractivity contribution in [3.8, 4) is 0 Å². The third-order valence-corrected chi connectivity index (χ3v) is 4.05. The van der Waals surface area contributed by atoms with E-state index in [2.05, 4.69) is 52.8 Å². The predicted molar refractivity (Wildman–Crippen MR) is 45.2 cm³/mol. The molecule has 0 aliphatic rings. The van der Waals surface area contributed by atoms with Crippen LogP contribution >= 0.6 is 59.1 Å². The third-order valence-electron chi connectivity index (χ3n) is 0.522. The van der Waals surface area contributed by atoms with E-state index in [-0.39, 0.29) is 0 Å². The average Bonchev–Trinajstić information content (AvgIpc) is 1.85. The average molecular weight is 322 g/mol. The zero-order valence-electron chi connectivity index (χ0n) is 3.49. The summed E-state index contributed by atoms with van der Waals surface area (Å²) >= 11 is 11.3. The summed E-state index contributed by atoms with van der Waals surface area (Å²) in [7, 11) is 0. The molecule has 0 aliphatic carbocycles. The number of halogens is 3. The van der Waals surface area contributed by atoms with Crippen LogP contribution in [-0.4, -0.2) is 4.98 Å². The minimum atomic E-state index is 0.856. The molecule has 0 saturated carbocycles. The molecule has 5 heteroatoms. The second-order valence-corrected chi connectivity index (χ2v) is 5.38. The summed E-state index contributed by atoms with van der Waals surface area (Å²) < 4.78 is 2.76. The molecule has 0 aromatic carbocycles. The number of hydrogen-bond acceptors (Lipinski definition) is 2. The lowest BCUT2D eigenvalue weighted by atomic mass is 11.0. The first-order valence-electron chi connectivity index (χ1n) is 1.67. The quantitative estimate of drug-likeness (QED) is 0.713. The molecule has 0 spiro atoms. The fourth-order valence-corrected chi connectivity index (χ4v) is 3.31. The van der Waals surface area contributed by atoms with Crippen molar-refractivity contribution in [2.24, 2.45) is 0 Å². The van der Waals surface area contributed by atoms with Gasteiger partial charge in [0.05, 0.1) is 0 Å². The van der Waals surface area contributed by atoms with E-state index in [1.54, 1.807) is 11.3 Å². The van der Waals surface area contributed by atoms with Crippen LogP contribution in [0, 0.1) is 0 Å². The van der Waals surface area contributed by atoms with Crippen LogP contribution in [0.3, 0.4) is 0 Å². The van der Waals surface area contributed by atoms with Gasteiger partial charge in [-0.1, -0.05) is 11.3 Å². The van der Waals surface area contributed by atoms with Gasteiger partial charge in [-0.2, -0.15) is 0 Å². The number of thiazole rings is 1. The SMILES string of the molecule is Brc1nc(Br)c(Br)s1. The molecule has 0 N–H and O–H groups in total. The van der Waals surface area contributed by atoms with Crippen LogP contribution in [0.4, 0.5) is 0 Å². The number of aromatic nitrogens is 1. The molecule has 1 heterocycles. The van der Waals surface area contributed by atoms with Gasteiger partial charge < -0.3 is 0 Å². The minimum Gasteiger partial charge on any atom is -0.221 e. The maximum Gasteiger partial charge on any atom is 0.161 e. The van der Waals surface area contributed by atoms with Crippen LogP contribution < -0.4 is 0 Å². The Morgan fingerprint density at radius 3 is 2.00 bits per heavy atom. The van der Waals surface area contributed by atoms with E-state index in [9.17, 15) is 0 Å². The Morgan fingerprint density at radius 1 is 1.25 bits per heavy atom. The maximum atomic E-state index is 4.02. The van der Waals surface area contributed by atoms with Crippen molar-refractivity contribution in [2.75, 3.05) is 0 Å². The zero-order chi connectivity index (χ0) is 6.15. The Kier molecular flexibility index (Phi) is 2.49. The van der Waals surface area contributed by atoms with E-state index >= 15 is 0 Å². The van der Waals surface area contributed by atoms with Gasteiger partial charge in [-0.15, -0.1) is 0 Å². The molecule has 0 aliphatic heterocycles. The van der Waals surface area contributed by atoms with Crippen LogP contribution in [0.15, 0.2) is 12.3 Å². The molecule has 0 fully saturated rings. The first kappa shape index (κ1) is 7.18. The molecule has 44 valence electrons. The van der Waals surface area contributed by atoms with Gasteiger partial charge in [-0.3, -0.25) is 0 Å². The largest absolute Gasteiger partial charge is 0.221 e. The molecule has 0 bridgehead atoms. The predicted octanol–water partition coefficient (Wildman–Crippen LogP) is 3.43. The standard InChI is InChI=1S/C3Br3NS/c4-1-2(5)8-3(6)7-1. The molecule has 0 amide bonds. The van der Waals surface area contributed by atoms with Gasteiger partial charge in [-0.25, -0.2) is 4.98 Å². The summed E-state index contributed by atoms with van der Waals surface area (Å²) in [5.74, 6) is 0. The van der Waals surface area contributed by atoms with Gasteiger partial charge in [0.15, 0.2) is 3.92 Å². The Hall–Kier alpha value is 1.07. The third kappa shape index (κ3) is 1.52. The lowest BCUT2D eigenvalue weighted by Gasteiger charge is -1.72. The van der Waals surface area contributed by atoms with E-state index in [0.717, 1.165) is 12.3 Å². The second kappa shape index (κ2) is 2.77. The highest BCUT2D eigenvalue weighted by molar-refractivity contribution is 9.14. The van der Waals surface area contributed by atoms with Crippen LogP contribution in [0.25, 0.3) is 0 Å². The topological polar surface area (TPSA) is 12.9 Å². The van der Waals surface area contributed by atoms with Crippen LogP contribution in [0.5, 0.6) is 0 Å². The second-order valence-electron chi connectivity index (χ2n) is 1.03. The van der Waals surface area contributed by atoms with Crippen molar-refractivity contribution >= 4 is 59.1 Å². The van der Waals surface area contributed by atoms with Gasteiger partial charge in [0.2, 0.25) is 0 Å². The Balaban J connectivity index is 3.14. The fraction of sp³-hybridized carbons (Fsp3) is 0. The van der Waals surface area contributed by atoms with Crippen LogP contribution in [0.1, 0.15) is 0 Å². The van der Waals surface area contributed by atoms with Crippen molar-refractivity contribution in [2.45, 2.75) is 0 Å². The molecule has 0 saturated heterocycles. The number of rotatable bonds is 0. The highest BCUT2D eigenvalue weighted by Crippen LogP contribution is 2.31. The van der Waals surface area contributed by atoms with E-state index in [0.29, 0.717) is 0 Å². The molecule has 0 unspecified atom stereocenters. The fourth-order valence-electron chi connectivity index (χ4n) is 0.260. The van der Waals surface area contributed by atoms with Crippen molar-refractivity contribution in [3.05, 3.63) is 12.3 Å². The zero-order valence-corrected chi connectivity index (χ0v) is 9.06. The molecule has 0 radical (unpaired) electrons. The summed E-state index contributed by atoms with van der Waals surface area (Å²) in [4.78, 5) is 4.02. The molecular formula is C3Br3NS. The summed E-state index contributed by atoms with van der Waals surface area (Å²) in [6.07, 6.45) is 0. The number of hydrogen-bond donors (Lipinski definition) is 0. The molecule has 8 heavy (non-hydrogen) atoms. The van der Waals surface area contributed by atoms with Crippen LogP contribution in [-0.2, 0) is 0 Å².